The quantitative estimate of drug-likeness (QED) is 0.595. The fourth-order valence-corrected chi connectivity index (χ4v) is 4.00. The van der Waals surface area contributed by atoms with Crippen molar-refractivity contribution in [3.8, 4) is 0 Å². The number of hydrogen-bond donors (Lipinski definition) is 2. The number of likely N-dealkylation sites (N-methyl/N-ethyl adjacent to an activating group) is 1. The Morgan fingerprint density at radius 1 is 1.06 bits per heavy atom. The Bertz CT molecular complexity index is 1120. The van der Waals surface area contributed by atoms with Gasteiger partial charge in [0.15, 0.2) is 5.82 Å². The molecule has 0 bridgehead atoms. The number of fused-ring (bicyclic) bond motifs is 1. The van der Waals surface area contributed by atoms with Crippen LogP contribution in [0.1, 0.15) is 28.6 Å². The summed E-state index contributed by atoms with van der Waals surface area (Å²) in [6, 6.07) is 5.95. The second-order valence-electron chi connectivity index (χ2n) is 8.15. The molecule has 170 valence electrons. The van der Waals surface area contributed by atoms with Gasteiger partial charge in [0.2, 0.25) is 0 Å². The Labute approximate surface area is 184 Å². The standard InChI is InChI=1S/C22H26F3N7/c1-13-15(5-4-6-18(13)22(23,24)25)20(26)28-21-16-11-19(32-9-7-31(3)8-10-32)27-12-17(16)14(2)29-30-21/h4-6,11-12,20H,7-10,26H2,1-3H3,(H,28,30)/t20-/m0/s1. The molecule has 1 aliphatic rings. The lowest BCUT2D eigenvalue weighted by Crippen LogP contribution is -2.44. The predicted octanol–water partition coefficient (Wildman–Crippen LogP) is 3.48. The van der Waals surface area contributed by atoms with E-state index in [2.05, 4.69) is 37.3 Å². The number of aryl methyl sites for hydroxylation is 1. The molecule has 1 atom stereocenters. The number of anilines is 2. The highest BCUT2D eigenvalue weighted by atomic mass is 19.4. The van der Waals surface area contributed by atoms with Crippen molar-refractivity contribution < 1.29 is 13.2 Å². The number of benzene rings is 1. The molecule has 1 aliphatic heterocycles. The van der Waals surface area contributed by atoms with Crippen molar-refractivity contribution in [2.24, 2.45) is 5.73 Å². The van der Waals surface area contributed by atoms with Gasteiger partial charge in [-0.05, 0) is 44.2 Å². The summed E-state index contributed by atoms with van der Waals surface area (Å²) in [5, 5.41) is 13.1. The van der Waals surface area contributed by atoms with Crippen molar-refractivity contribution in [1.82, 2.24) is 20.1 Å². The van der Waals surface area contributed by atoms with E-state index in [-0.39, 0.29) is 5.56 Å². The van der Waals surface area contributed by atoms with Gasteiger partial charge in [0, 0.05) is 43.1 Å². The molecule has 0 aliphatic carbocycles. The average molecular weight is 445 g/mol. The van der Waals surface area contributed by atoms with E-state index < -0.39 is 17.9 Å². The number of aromatic nitrogens is 3. The van der Waals surface area contributed by atoms with E-state index in [1.165, 1.54) is 13.0 Å². The normalized spacial score (nSPS) is 16.4. The van der Waals surface area contributed by atoms with Crippen molar-refractivity contribution >= 4 is 22.4 Å². The maximum atomic E-state index is 13.3. The second kappa shape index (κ2) is 8.51. The first-order chi connectivity index (χ1) is 15.1. The monoisotopic (exact) mass is 445 g/mol. The fourth-order valence-electron chi connectivity index (χ4n) is 4.00. The lowest BCUT2D eigenvalue weighted by molar-refractivity contribution is -0.138. The minimum atomic E-state index is -4.45. The zero-order chi connectivity index (χ0) is 23.0. The first-order valence-corrected chi connectivity index (χ1v) is 10.4. The number of halogens is 3. The van der Waals surface area contributed by atoms with Crippen molar-refractivity contribution in [3.05, 3.63) is 52.8 Å². The minimum Gasteiger partial charge on any atom is -0.354 e. The van der Waals surface area contributed by atoms with Gasteiger partial charge in [0.1, 0.15) is 12.0 Å². The first-order valence-electron chi connectivity index (χ1n) is 10.4. The van der Waals surface area contributed by atoms with Crippen molar-refractivity contribution in [2.45, 2.75) is 26.2 Å². The molecule has 1 fully saturated rings. The summed E-state index contributed by atoms with van der Waals surface area (Å²) >= 11 is 0. The van der Waals surface area contributed by atoms with Gasteiger partial charge < -0.3 is 20.9 Å². The molecular weight excluding hydrogens is 419 g/mol. The van der Waals surface area contributed by atoms with Crippen LogP contribution in [0.3, 0.4) is 0 Å². The van der Waals surface area contributed by atoms with Crippen LogP contribution in [0.25, 0.3) is 10.8 Å². The Balaban J connectivity index is 1.69. The molecule has 0 amide bonds. The SMILES string of the molecule is Cc1c([C@@H](N)Nc2nnc(C)c3cnc(N4CCN(C)CC4)cc23)cccc1C(F)(F)F. The number of alkyl halides is 3. The van der Waals surface area contributed by atoms with E-state index in [0.717, 1.165) is 48.8 Å². The van der Waals surface area contributed by atoms with Gasteiger partial charge in [-0.3, -0.25) is 0 Å². The zero-order valence-corrected chi connectivity index (χ0v) is 18.2. The van der Waals surface area contributed by atoms with Gasteiger partial charge in [0.25, 0.3) is 0 Å². The van der Waals surface area contributed by atoms with Crippen LogP contribution in [0.5, 0.6) is 0 Å². The van der Waals surface area contributed by atoms with Gasteiger partial charge in [0.05, 0.1) is 11.3 Å². The van der Waals surface area contributed by atoms with Crippen LogP contribution < -0.4 is 16.0 Å². The summed E-state index contributed by atoms with van der Waals surface area (Å²) in [5.74, 6) is 1.23. The van der Waals surface area contributed by atoms with E-state index in [4.69, 9.17) is 5.73 Å². The third-order valence-corrected chi connectivity index (χ3v) is 5.97. The van der Waals surface area contributed by atoms with E-state index in [0.29, 0.717) is 17.1 Å². The van der Waals surface area contributed by atoms with Crippen molar-refractivity contribution in [3.63, 3.8) is 0 Å². The molecule has 0 saturated carbocycles. The lowest BCUT2D eigenvalue weighted by atomic mass is 10.00. The Kier molecular flexibility index (Phi) is 5.91. The Morgan fingerprint density at radius 3 is 2.47 bits per heavy atom. The van der Waals surface area contributed by atoms with Gasteiger partial charge >= 0.3 is 6.18 Å². The topological polar surface area (TPSA) is 83.2 Å². The summed E-state index contributed by atoms with van der Waals surface area (Å²) < 4.78 is 40.0. The molecule has 2 aromatic heterocycles. The molecular formula is C22H26F3N7. The van der Waals surface area contributed by atoms with Crippen LogP contribution in [-0.4, -0.2) is 53.3 Å². The number of nitrogens with zero attached hydrogens (tertiary/aromatic N) is 5. The summed E-state index contributed by atoms with van der Waals surface area (Å²) in [4.78, 5) is 9.07. The first kappa shape index (κ1) is 22.2. The van der Waals surface area contributed by atoms with Crippen LogP contribution in [0.15, 0.2) is 30.5 Å². The molecule has 3 aromatic rings. The molecule has 1 saturated heterocycles. The Morgan fingerprint density at radius 2 is 1.78 bits per heavy atom. The molecule has 7 nitrogen and oxygen atoms in total. The highest BCUT2D eigenvalue weighted by molar-refractivity contribution is 5.94. The number of piperazine rings is 1. The zero-order valence-electron chi connectivity index (χ0n) is 18.2. The number of pyridine rings is 1. The number of nitrogens with one attached hydrogen (secondary N) is 1. The number of rotatable bonds is 4. The summed E-state index contributed by atoms with van der Waals surface area (Å²) in [6.45, 7) is 6.87. The molecule has 3 heterocycles. The molecule has 0 spiro atoms. The summed E-state index contributed by atoms with van der Waals surface area (Å²) in [5.41, 5.74) is 6.74. The molecule has 4 rings (SSSR count). The van der Waals surface area contributed by atoms with Gasteiger partial charge in [-0.1, -0.05) is 12.1 Å². The van der Waals surface area contributed by atoms with Crippen molar-refractivity contribution in [2.75, 3.05) is 43.4 Å². The second-order valence-corrected chi connectivity index (χ2v) is 8.15. The van der Waals surface area contributed by atoms with Crippen LogP contribution in [0, 0.1) is 13.8 Å². The largest absolute Gasteiger partial charge is 0.416 e. The smallest absolute Gasteiger partial charge is 0.354 e. The minimum absolute atomic E-state index is 0.0872. The van der Waals surface area contributed by atoms with E-state index in [9.17, 15) is 13.2 Å². The van der Waals surface area contributed by atoms with Crippen LogP contribution in [-0.2, 0) is 6.18 Å². The average Bonchev–Trinajstić information content (AvgIpc) is 2.75. The maximum absolute atomic E-state index is 13.3. The van der Waals surface area contributed by atoms with Gasteiger partial charge in [-0.15, -0.1) is 5.10 Å². The van der Waals surface area contributed by atoms with Gasteiger partial charge in [-0.2, -0.15) is 18.3 Å². The van der Waals surface area contributed by atoms with Crippen LogP contribution in [0.4, 0.5) is 24.8 Å². The molecule has 32 heavy (non-hydrogen) atoms. The van der Waals surface area contributed by atoms with E-state index in [1.54, 1.807) is 12.3 Å². The number of nitrogens with two attached hydrogens (primary N) is 1. The highest BCUT2D eigenvalue weighted by Gasteiger charge is 2.33. The van der Waals surface area contributed by atoms with Crippen LogP contribution in [0.2, 0.25) is 0 Å². The third-order valence-electron chi connectivity index (χ3n) is 5.97. The fraction of sp³-hybridized carbons (Fsp3) is 0.409. The maximum Gasteiger partial charge on any atom is 0.416 e. The van der Waals surface area contributed by atoms with E-state index in [1.807, 2.05) is 13.0 Å². The molecule has 10 heteroatoms. The lowest BCUT2D eigenvalue weighted by Gasteiger charge is -2.33. The molecule has 0 unspecified atom stereocenters. The van der Waals surface area contributed by atoms with E-state index >= 15 is 0 Å². The highest BCUT2D eigenvalue weighted by Crippen LogP contribution is 2.35. The summed E-state index contributed by atoms with van der Waals surface area (Å²) in [6.07, 6.45) is -3.57. The molecule has 1 aromatic carbocycles. The summed E-state index contributed by atoms with van der Waals surface area (Å²) in [7, 11) is 2.09. The predicted molar refractivity (Wildman–Crippen MR) is 119 cm³/mol. The number of hydrogen-bond acceptors (Lipinski definition) is 7. The van der Waals surface area contributed by atoms with Crippen LogP contribution >= 0.6 is 0 Å². The van der Waals surface area contributed by atoms with Crippen molar-refractivity contribution in [1.29, 1.82) is 0 Å². The third kappa shape index (κ3) is 4.33. The molecule has 3 N–H and O–H groups in total. The van der Waals surface area contributed by atoms with Gasteiger partial charge in [-0.25, -0.2) is 4.98 Å². The Hall–Kier alpha value is -2.98. The molecule has 0 radical (unpaired) electrons.